The number of thioether (sulfide) groups is 1. The summed E-state index contributed by atoms with van der Waals surface area (Å²) in [6, 6.07) is 7.72. The topological polar surface area (TPSA) is 37.3 Å². The van der Waals surface area contributed by atoms with Crippen LogP contribution in [0.2, 0.25) is 0 Å². The Kier molecular flexibility index (Phi) is 4.22. The molecule has 0 radical (unpaired) electrons. The van der Waals surface area contributed by atoms with Crippen molar-refractivity contribution in [3.63, 3.8) is 0 Å². The summed E-state index contributed by atoms with van der Waals surface area (Å²) in [6.45, 7) is 3.46. The predicted molar refractivity (Wildman–Crippen MR) is 61.6 cm³/mol. The van der Waals surface area contributed by atoms with Crippen molar-refractivity contribution in [2.75, 3.05) is 5.75 Å². The van der Waals surface area contributed by atoms with E-state index in [1.165, 1.54) is 11.8 Å². The highest BCUT2D eigenvalue weighted by molar-refractivity contribution is 9.10. The van der Waals surface area contributed by atoms with Crippen LogP contribution in [-0.4, -0.2) is 16.8 Å². The number of carboxylic acids is 1. The number of benzene rings is 1. The number of halogens is 1. The quantitative estimate of drug-likeness (QED) is 0.676. The van der Waals surface area contributed by atoms with E-state index >= 15 is 0 Å². The third-order valence-corrected chi connectivity index (χ3v) is 3.08. The molecule has 0 spiro atoms. The Morgan fingerprint density at radius 3 is 2.86 bits per heavy atom. The highest BCUT2D eigenvalue weighted by Gasteiger charge is 2.04. The Morgan fingerprint density at radius 2 is 2.29 bits per heavy atom. The van der Waals surface area contributed by atoms with E-state index in [1.54, 1.807) is 0 Å². The average molecular weight is 273 g/mol. The Balaban J connectivity index is 2.54. The molecule has 0 aromatic heterocycles. The number of carbonyl (C=O) groups is 1. The van der Waals surface area contributed by atoms with Crippen LogP contribution < -0.4 is 0 Å². The first-order valence-electron chi connectivity index (χ1n) is 3.89. The highest BCUT2D eigenvalue weighted by atomic mass is 79.9. The van der Waals surface area contributed by atoms with Crippen molar-refractivity contribution < 1.29 is 9.90 Å². The van der Waals surface area contributed by atoms with E-state index in [2.05, 4.69) is 22.5 Å². The molecule has 0 aliphatic heterocycles. The summed E-state index contributed by atoms with van der Waals surface area (Å²) in [6.07, 6.45) is 0. The average Bonchev–Trinajstić information content (AvgIpc) is 2.14. The van der Waals surface area contributed by atoms with Crippen LogP contribution in [-0.2, 0) is 4.79 Å². The zero-order valence-electron chi connectivity index (χ0n) is 7.37. The molecule has 0 fully saturated rings. The molecule has 1 rings (SSSR count). The first-order valence-corrected chi connectivity index (χ1v) is 5.67. The van der Waals surface area contributed by atoms with E-state index in [4.69, 9.17) is 5.11 Å². The van der Waals surface area contributed by atoms with Crippen molar-refractivity contribution in [2.24, 2.45) is 0 Å². The van der Waals surface area contributed by atoms with Crippen LogP contribution in [0, 0.1) is 0 Å². The summed E-state index contributed by atoms with van der Waals surface area (Å²) in [4.78, 5) is 11.5. The van der Waals surface area contributed by atoms with Crippen molar-refractivity contribution in [3.05, 3.63) is 40.9 Å². The Labute approximate surface area is 95.1 Å². The number of carboxylic acid groups (broad SMARTS) is 1. The summed E-state index contributed by atoms with van der Waals surface area (Å²) in [7, 11) is 0. The number of hydrogen-bond acceptors (Lipinski definition) is 2. The molecule has 14 heavy (non-hydrogen) atoms. The van der Waals surface area contributed by atoms with Crippen LogP contribution >= 0.6 is 27.7 Å². The van der Waals surface area contributed by atoms with Gasteiger partial charge in [-0.2, -0.15) is 0 Å². The molecule has 0 aliphatic rings. The fraction of sp³-hybridized carbons (Fsp3) is 0.100. The van der Waals surface area contributed by atoms with Crippen molar-refractivity contribution in [3.8, 4) is 0 Å². The van der Waals surface area contributed by atoms with Gasteiger partial charge in [-0.15, -0.1) is 11.8 Å². The van der Waals surface area contributed by atoms with Gasteiger partial charge < -0.3 is 5.11 Å². The van der Waals surface area contributed by atoms with E-state index in [-0.39, 0.29) is 5.57 Å². The second-order valence-corrected chi connectivity index (χ2v) is 4.62. The van der Waals surface area contributed by atoms with Gasteiger partial charge >= 0.3 is 5.97 Å². The second-order valence-electron chi connectivity index (χ2n) is 2.65. The van der Waals surface area contributed by atoms with Gasteiger partial charge in [0.15, 0.2) is 0 Å². The van der Waals surface area contributed by atoms with E-state index in [9.17, 15) is 4.79 Å². The summed E-state index contributed by atoms with van der Waals surface area (Å²) in [5, 5.41) is 8.59. The zero-order chi connectivity index (χ0) is 10.6. The molecule has 1 N–H and O–H groups in total. The maximum Gasteiger partial charge on any atom is 0.331 e. The molecular formula is C10H9BrO2S. The molecule has 74 valence electrons. The summed E-state index contributed by atoms with van der Waals surface area (Å²) < 4.78 is 0.989. The Morgan fingerprint density at radius 1 is 1.57 bits per heavy atom. The lowest BCUT2D eigenvalue weighted by Crippen LogP contribution is -2.00. The first-order chi connectivity index (χ1) is 6.59. The van der Waals surface area contributed by atoms with E-state index in [1.807, 2.05) is 24.3 Å². The van der Waals surface area contributed by atoms with E-state index in [0.717, 1.165) is 9.37 Å². The minimum absolute atomic E-state index is 0.218. The first kappa shape index (κ1) is 11.3. The molecule has 4 heteroatoms. The Bertz CT molecular complexity index is 363. The summed E-state index contributed by atoms with van der Waals surface area (Å²) in [5.41, 5.74) is 0.218. The van der Waals surface area contributed by atoms with Crippen LogP contribution in [0.1, 0.15) is 0 Å². The lowest BCUT2D eigenvalue weighted by atomic mass is 10.4. The molecular weight excluding hydrogens is 264 g/mol. The minimum Gasteiger partial charge on any atom is -0.478 e. The number of hydrogen-bond donors (Lipinski definition) is 1. The van der Waals surface area contributed by atoms with Crippen molar-refractivity contribution in [1.82, 2.24) is 0 Å². The lowest BCUT2D eigenvalue weighted by Gasteiger charge is -2.01. The second kappa shape index (κ2) is 5.22. The highest BCUT2D eigenvalue weighted by Crippen LogP contribution is 2.23. The molecule has 2 nitrogen and oxygen atoms in total. The van der Waals surface area contributed by atoms with Gasteiger partial charge in [-0.1, -0.05) is 28.6 Å². The standard InChI is InChI=1S/C10H9BrO2S/c1-7(10(12)13)6-14-9-4-2-3-8(11)5-9/h2-5H,1,6H2,(H,12,13). The molecule has 0 amide bonds. The van der Waals surface area contributed by atoms with Gasteiger partial charge in [-0.3, -0.25) is 0 Å². The van der Waals surface area contributed by atoms with Gasteiger partial charge in [0.05, 0.1) is 0 Å². The molecule has 1 aromatic rings. The van der Waals surface area contributed by atoms with Gasteiger partial charge in [0.2, 0.25) is 0 Å². The van der Waals surface area contributed by atoms with Gasteiger partial charge in [-0.25, -0.2) is 4.79 Å². The largest absolute Gasteiger partial charge is 0.478 e. The monoisotopic (exact) mass is 272 g/mol. The maximum atomic E-state index is 10.5. The molecule has 0 unspecified atom stereocenters. The molecule has 0 saturated carbocycles. The fourth-order valence-electron chi connectivity index (χ4n) is 0.789. The fourth-order valence-corrected chi connectivity index (χ4v) is 2.19. The third kappa shape index (κ3) is 3.55. The van der Waals surface area contributed by atoms with Crippen LogP contribution in [0.3, 0.4) is 0 Å². The van der Waals surface area contributed by atoms with Crippen LogP contribution in [0.15, 0.2) is 45.8 Å². The summed E-state index contributed by atoms with van der Waals surface area (Å²) >= 11 is 4.81. The van der Waals surface area contributed by atoms with E-state index in [0.29, 0.717) is 5.75 Å². The SMILES string of the molecule is C=C(CSc1cccc(Br)c1)C(=O)O. The normalized spacial score (nSPS) is 9.79. The maximum absolute atomic E-state index is 10.5. The predicted octanol–water partition coefficient (Wildman–Crippen LogP) is 3.18. The lowest BCUT2D eigenvalue weighted by molar-refractivity contribution is -0.132. The van der Waals surface area contributed by atoms with Crippen molar-refractivity contribution in [2.45, 2.75) is 4.90 Å². The van der Waals surface area contributed by atoms with Gasteiger partial charge in [-0.05, 0) is 18.2 Å². The molecule has 0 aliphatic carbocycles. The third-order valence-electron chi connectivity index (χ3n) is 1.51. The molecule has 0 atom stereocenters. The van der Waals surface area contributed by atoms with Gasteiger partial charge in [0.1, 0.15) is 0 Å². The molecule has 0 heterocycles. The minimum atomic E-state index is -0.938. The smallest absolute Gasteiger partial charge is 0.331 e. The van der Waals surface area contributed by atoms with Crippen molar-refractivity contribution in [1.29, 1.82) is 0 Å². The summed E-state index contributed by atoms with van der Waals surface area (Å²) in [5.74, 6) is -0.529. The molecule has 1 aromatic carbocycles. The van der Waals surface area contributed by atoms with Crippen LogP contribution in [0.5, 0.6) is 0 Å². The van der Waals surface area contributed by atoms with Crippen molar-refractivity contribution >= 4 is 33.7 Å². The molecule has 0 saturated heterocycles. The van der Waals surface area contributed by atoms with E-state index < -0.39 is 5.97 Å². The van der Waals surface area contributed by atoms with Crippen LogP contribution in [0.4, 0.5) is 0 Å². The number of rotatable bonds is 4. The zero-order valence-corrected chi connectivity index (χ0v) is 9.77. The van der Waals surface area contributed by atoms with Crippen LogP contribution in [0.25, 0.3) is 0 Å². The molecule has 0 bridgehead atoms. The van der Waals surface area contributed by atoms with Gasteiger partial charge in [0, 0.05) is 20.7 Å². The number of aliphatic carboxylic acids is 1. The van der Waals surface area contributed by atoms with Gasteiger partial charge in [0.25, 0.3) is 0 Å². The Hall–Kier alpha value is -0.740.